The fraction of sp³-hybridized carbons (Fsp3) is 0.833. The van der Waals surface area contributed by atoms with Gasteiger partial charge in [0, 0.05) is 13.2 Å². The van der Waals surface area contributed by atoms with E-state index in [1.165, 1.54) is 0 Å². The highest BCUT2D eigenvalue weighted by Crippen LogP contribution is 2.32. The standard InChI is InChI=1S/C12H19NO5/c14-10(15)12(11(16)17)3-5-13(6-4-12)8-9-2-1-7-18-9/h9H,1-8H2,(H,14,15)(H,16,17). The van der Waals surface area contributed by atoms with Crippen molar-refractivity contribution in [2.75, 3.05) is 26.2 Å². The van der Waals surface area contributed by atoms with Crippen molar-refractivity contribution in [1.82, 2.24) is 4.90 Å². The summed E-state index contributed by atoms with van der Waals surface area (Å²) in [7, 11) is 0. The predicted octanol–water partition coefficient (Wildman–Crippen LogP) is 0.417. The van der Waals surface area contributed by atoms with E-state index in [1.54, 1.807) is 0 Å². The topological polar surface area (TPSA) is 87.1 Å². The molecule has 0 spiro atoms. The van der Waals surface area contributed by atoms with Crippen LogP contribution in [0.4, 0.5) is 0 Å². The molecule has 0 aromatic carbocycles. The maximum atomic E-state index is 11.1. The third-order valence-corrected chi connectivity index (χ3v) is 4.01. The molecule has 6 heteroatoms. The Hall–Kier alpha value is -1.14. The van der Waals surface area contributed by atoms with E-state index >= 15 is 0 Å². The minimum absolute atomic E-state index is 0.171. The minimum Gasteiger partial charge on any atom is -0.480 e. The van der Waals surface area contributed by atoms with E-state index in [9.17, 15) is 9.59 Å². The summed E-state index contributed by atoms with van der Waals surface area (Å²) in [6.07, 6.45) is 2.69. The molecule has 0 aromatic rings. The highest BCUT2D eigenvalue weighted by atomic mass is 16.5. The summed E-state index contributed by atoms with van der Waals surface area (Å²) in [6, 6.07) is 0. The molecule has 2 aliphatic rings. The van der Waals surface area contributed by atoms with Crippen molar-refractivity contribution >= 4 is 11.9 Å². The average Bonchev–Trinajstić information content (AvgIpc) is 2.82. The number of carboxylic acid groups (broad SMARTS) is 2. The van der Waals surface area contributed by atoms with E-state index in [1.807, 2.05) is 0 Å². The molecule has 18 heavy (non-hydrogen) atoms. The summed E-state index contributed by atoms with van der Waals surface area (Å²) in [5.74, 6) is -2.43. The Balaban J connectivity index is 1.89. The molecule has 0 bridgehead atoms. The molecule has 6 nitrogen and oxygen atoms in total. The molecule has 2 saturated heterocycles. The van der Waals surface area contributed by atoms with Gasteiger partial charge in [0.15, 0.2) is 5.41 Å². The lowest BCUT2D eigenvalue weighted by atomic mass is 9.78. The molecule has 1 unspecified atom stereocenters. The van der Waals surface area contributed by atoms with Crippen LogP contribution in [-0.4, -0.2) is 59.4 Å². The van der Waals surface area contributed by atoms with Crippen LogP contribution in [0, 0.1) is 5.41 Å². The van der Waals surface area contributed by atoms with Gasteiger partial charge in [-0.15, -0.1) is 0 Å². The molecule has 0 radical (unpaired) electrons. The Morgan fingerprint density at radius 1 is 1.22 bits per heavy atom. The number of rotatable bonds is 4. The van der Waals surface area contributed by atoms with Gasteiger partial charge in [0.25, 0.3) is 0 Å². The van der Waals surface area contributed by atoms with Gasteiger partial charge in [-0.25, -0.2) is 0 Å². The Kier molecular flexibility index (Phi) is 3.87. The number of carboxylic acids is 2. The van der Waals surface area contributed by atoms with E-state index in [2.05, 4.69) is 4.90 Å². The predicted molar refractivity (Wildman–Crippen MR) is 62.4 cm³/mol. The second-order valence-corrected chi connectivity index (χ2v) is 5.13. The minimum atomic E-state index is -1.59. The molecule has 0 aliphatic carbocycles. The largest absolute Gasteiger partial charge is 0.480 e. The molecule has 102 valence electrons. The summed E-state index contributed by atoms with van der Waals surface area (Å²) < 4.78 is 5.53. The summed E-state index contributed by atoms with van der Waals surface area (Å²) >= 11 is 0. The molecule has 1 atom stereocenters. The summed E-state index contributed by atoms with van der Waals surface area (Å²) in [5, 5.41) is 18.2. The van der Waals surface area contributed by atoms with Gasteiger partial charge in [-0.2, -0.15) is 0 Å². The zero-order valence-electron chi connectivity index (χ0n) is 10.3. The fourth-order valence-electron chi connectivity index (χ4n) is 2.71. The zero-order valence-corrected chi connectivity index (χ0v) is 10.3. The van der Waals surface area contributed by atoms with Crippen LogP contribution in [0.2, 0.25) is 0 Å². The number of hydrogen-bond donors (Lipinski definition) is 2. The van der Waals surface area contributed by atoms with Gasteiger partial charge in [-0.3, -0.25) is 9.59 Å². The number of carbonyl (C=O) groups is 2. The Morgan fingerprint density at radius 3 is 2.28 bits per heavy atom. The number of ether oxygens (including phenoxy) is 1. The van der Waals surface area contributed by atoms with Crippen molar-refractivity contribution in [2.45, 2.75) is 31.8 Å². The summed E-state index contributed by atoms with van der Waals surface area (Å²) in [4.78, 5) is 24.4. The molecule has 2 heterocycles. The van der Waals surface area contributed by atoms with E-state index in [4.69, 9.17) is 14.9 Å². The second kappa shape index (κ2) is 5.24. The Morgan fingerprint density at radius 2 is 1.83 bits per heavy atom. The monoisotopic (exact) mass is 257 g/mol. The second-order valence-electron chi connectivity index (χ2n) is 5.13. The van der Waals surface area contributed by atoms with E-state index in [0.717, 1.165) is 26.0 Å². The fourth-order valence-corrected chi connectivity index (χ4v) is 2.71. The Bertz CT molecular complexity index is 313. The van der Waals surface area contributed by atoms with Gasteiger partial charge >= 0.3 is 11.9 Å². The van der Waals surface area contributed by atoms with Crippen molar-refractivity contribution in [1.29, 1.82) is 0 Å². The van der Waals surface area contributed by atoms with Gasteiger partial charge in [0.05, 0.1) is 6.10 Å². The molecule has 2 N–H and O–H groups in total. The lowest BCUT2D eigenvalue weighted by molar-refractivity contribution is -0.168. The van der Waals surface area contributed by atoms with Crippen molar-refractivity contribution < 1.29 is 24.5 Å². The van der Waals surface area contributed by atoms with E-state index in [-0.39, 0.29) is 18.9 Å². The van der Waals surface area contributed by atoms with Crippen molar-refractivity contribution in [2.24, 2.45) is 5.41 Å². The number of nitrogens with zero attached hydrogens (tertiary/aromatic N) is 1. The summed E-state index contributed by atoms with van der Waals surface area (Å²) in [6.45, 7) is 2.61. The molecular weight excluding hydrogens is 238 g/mol. The maximum Gasteiger partial charge on any atom is 0.321 e. The first kappa shape index (κ1) is 13.3. The van der Waals surface area contributed by atoms with Crippen LogP contribution in [0.5, 0.6) is 0 Å². The molecule has 0 saturated carbocycles. The van der Waals surface area contributed by atoms with E-state index < -0.39 is 17.4 Å². The SMILES string of the molecule is O=C(O)C1(C(=O)O)CCN(CC2CCCO2)CC1. The smallest absolute Gasteiger partial charge is 0.321 e. The Labute approximate surface area is 106 Å². The lowest BCUT2D eigenvalue weighted by Crippen LogP contribution is -2.50. The molecule has 2 fully saturated rings. The van der Waals surface area contributed by atoms with Crippen LogP contribution in [0.25, 0.3) is 0 Å². The average molecular weight is 257 g/mol. The van der Waals surface area contributed by atoms with Crippen LogP contribution in [0.15, 0.2) is 0 Å². The third kappa shape index (κ3) is 2.49. The van der Waals surface area contributed by atoms with Gasteiger partial charge < -0.3 is 19.8 Å². The highest BCUT2D eigenvalue weighted by molar-refractivity contribution is 5.98. The van der Waals surface area contributed by atoms with Crippen LogP contribution < -0.4 is 0 Å². The van der Waals surface area contributed by atoms with E-state index in [0.29, 0.717) is 13.1 Å². The number of piperidine rings is 1. The molecule has 0 amide bonds. The molecule has 2 rings (SSSR count). The number of likely N-dealkylation sites (tertiary alicyclic amines) is 1. The lowest BCUT2D eigenvalue weighted by Gasteiger charge is -2.36. The number of hydrogen-bond acceptors (Lipinski definition) is 4. The van der Waals surface area contributed by atoms with Gasteiger partial charge in [-0.1, -0.05) is 0 Å². The zero-order chi connectivity index (χ0) is 13.2. The first-order valence-corrected chi connectivity index (χ1v) is 6.35. The molecule has 0 aromatic heterocycles. The van der Waals surface area contributed by atoms with Crippen LogP contribution >= 0.6 is 0 Å². The summed E-state index contributed by atoms with van der Waals surface area (Å²) in [5.41, 5.74) is -1.59. The molecular formula is C12H19NO5. The first-order valence-electron chi connectivity index (χ1n) is 6.35. The highest BCUT2D eigenvalue weighted by Gasteiger charge is 2.48. The number of aliphatic carboxylic acids is 2. The third-order valence-electron chi connectivity index (χ3n) is 4.01. The van der Waals surface area contributed by atoms with Gasteiger partial charge in [-0.05, 0) is 38.8 Å². The van der Waals surface area contributed by atoms with Gasteiger partial charge in [0.1, 0.15) is 0 Å². The van der Waals surface area contributed by atoms with Crippen molar-refractivity contribution in [3.8, 4) is 0 Å². The quantitative estimate of drug-likeness (QED) is 0.710. The van der Waals surface area contributed by atoms with Crippen LogP contribution in [0.3, 0.4) is 0 Å². The maximum absolute atomic E-state index is 11.1. The van der Waals surface area contributed by atoms with Crippen LogP contribution in [0.1, 0.15) is 25.7 Å². The first-order chi connectivity index (χ1) is 8.54. The normalized spacial score (nSPS) is 28.1. The van der Waals surface area contributed by atoms with Crippen molar-refractivity contribution in [3.63, 3.8) is 0 Å². The van der Waals surface area contributed by atoms with Crippen LogP contribution in [-0.2, 0) is 14.3 Å². The van der Waals surface area contributed by atoms with Crippen molar-refractivity contribution in [3.05, 3.63) is 0 Å². The molecule has 2 aliphatic heterocycles. The van der Waals surface area contributed by atoms with Gasteiger partial charge in [0.2, 0.25) is 0 Å².